The van der Waals surface area contributed by atoms with Crippen LogP contribution in [-0.4, -0.2) is 10.7 Å². The van der Waals surface area contributed by atoms with Gasteiger partial charge < -0.3 is 0 Å². The first kappa shape index (κ1) is 10.4. The van der Waals surface area contributed by atoms with Gasteiger partial charge in [-0.1, -0.05) is 12.1 Å². The van der Waals surface area contributed by atoms with E-state index in [1.807, 2.05) is 0 Å². The number of thiol groups is 2. The lowest BCUT2D eigenvalue weighted by atomic mass is 10.1. The molecule has 1 rings (SSSR count). The Morgan fingerprint density at radius 1 is 1.38 bits per heavy atom. The number of hydrogen-bond acceptors (Lipinski definition) is 4. The highest BCUT2D eigenvalue weighted by Gasteiger charge is 2.07. The summed E-state index contributed by atoms with van der Waals surface area (Å²) < 4.78 is 0. The molecule has 70 valence electrons. The van der Waals surface area contributed by atoms with Gasteiger partial charge in [0.2, 0.25) is 0 Å². The van der Waals surface area contributed by atoms with Gasteiger partial charge in [0.1, 0.15) is 0 Å². The smallest absolute Gasteiger partial charge is 0.258 e. The monoisotopic (exact) mass is 215 g/mol. The Balaban J connectivity index is 2.87. The van der Waals surface area contributed by atoms with Crippen LogP contribution in [0.25, 0.3) is 0 Å². The molecule has 0 aliphatic heterocycles. The number of nitrogens with zero attached hydrogens (tertiary/aromatic N) is 1. The summed E-state index contributed by atoms with van der Waals surface area (Å²) in [6.45, 7) is 0. The van der Waals surface area contributed by atoms with Gasteiger partial charge in [0.15, 0.2) is 0 Å². The Bertz CT molecular complexity index is 300. The maximum atomic E-state index is 10.3. The minimum absolute atomic E-state index is 0.0316. The molecule has 0 saturated carbocycles. The Kier molecular flexibility index (Phi) is 3.62. The maximum absolute atomic E-state index is 10.3. The summed E-state index contributed by atoms with van der Waals surface area (Å²) >= 11 is 8.34. The Morgan fingerprint density at radius 2 is 1.92 bits per heavy atom. The predicted octanol–water partition coefficient (Wildman–Crippen LogP) is 2.50. The Hall–Kier alpha value is -0.680. The van der Waals surface area contributed by atoms with Gasteiger partial charge in [0.25, 0.3) is 5.69 Å². The van der Waals surface area contributed by atoms with Crippen LogP contribution in [0.4, 0.5) is 5.69 Å². The van der Waals surface area contributed by atoms with Gasteiger partial charge in [0.05, 0.1) is 4.92 Å². The van der Waals surface area contributed by atoms with E-state index in [9.17, 15) is 10.1 Å². The number of non-ortho nitro benzene ring substituents is 1. The van der Waals surface area contributed by atoms with Crippen LogP contribution in [0.15, 0.2) is 24.3 Å². The third kappa shape index (κ3) is 2.63. The molecule has 0 spiro atoms. The fraction of sp³-hybridized carbons (Fsp3) is 0.250. The van der Waals surface area contributed by atoms with Gasteiger partial charge in [-0.3, -0.25) is 10.1 Å². The largest absolute Gasteiger partial charge is 0.269 e. The van der Waals surface area contributed by atoms with E-state index >= 15 is 0 Å². The summed E-state index contributed by atoms with van der Waals surface area (Å²) in [7, 11) is 0. The third-order valence-electron chi connectivity index (χ3n) is 1.66. The quantitative estimate of drug-likeness (QED) is 0.462. The van der Waals surface area contributed by atoms with Crippen molar-refractivity contribution in [1.82, 2.24) is 0 Å². The van der Waals surface area contributed by atoms with Gasteiger partial charge in [-0.15, -0.1) is 0 Å². The summed E-state index contributed by atoms with van der Waals surface area (Å²) in [5, 5.41) is 10.4. The summed E-state index contributed by atoms with van der Waals surface area (Å²) in [5.74, 6) is 0.612. The van der Waals surface area contributed by atoms with E-state index in [1.54, 1.807) is 12.1 Å². The molecule has 1 aromatic rings. The Labute approximate surface area is 87.1 Å². The average Bonchev–Trinajstić information content (AvgIpc) is 2.17. The van der Waals surface area contributed by atoms with E-state index in [0.29, 0.717) is 5.75 Å². The SMILES string of the molecule is O=[N+]([O-])c1ccc(C(S)CS)cc1. The molecule has 0 N–H and O–H groups in total. The van der Waals surface area contributed by atoms with Gasteiger partial charge in [0, 0.05) is 23.1 Å². The summed E-state index contributed by atoms with van der Waals surface area (Å²) in [4.78, 5) is 9.90. The lowest BCUT2D eigenvalue weighted by Gasteiger charge is -2.05. The van der Waals surface area contributed by atoms with Crippen molar-refractivity contribution in [2.24, 2.45) is 0 Å². The molecule has 0 heterocycles. The highest BCUT2D eigenvalue weighted by molar-refractivity contribution is 7.84. The van der Waals surface area contributed by atoms with Crippen LogP contribution in [0.2, 0.25) is 0 Å². The average molecular weight is 215 g/mol. The fourth-order valence-corrected chi connectivity index (χ4v) is 1.31. The molecule has 1 aromatic carbocycles. The van der Waals surface area contributed by atoms with Crippen molar-refractivity contribution in [3.8, 4) is 0 Å². The topological polar surface area (TPSA) is 43.1 Å². The van der Waals surface area contributed by atoms with Crippen molar-refractivity contribution >= 4 is 30.9 Å². The number of nitro benzene ring substituents is 1. The summed E-state index contributed by atoms with van der Waals surface area (Å²) in [6, 6.07) is 6.35. The van der Waals surface area contributed by atoms with Crippen molar-refractivity contribution in [1.29, 1.82) is 0 Å². The second kappa shape index (κ2) is 4.53. The molecule has 0 saturated heterocycles. The molecule has 0 aromatic heterocycles. The molecule has 1 unspecified atom stereocenters. The lowest BCUT2D eigenvalue weighted by molar-refractivity contribution is -0.384. The molecule has 13 heavy (non-hydrogen) atoms. The number of nitro groups is 1. The highest BCUT2D eigenvalue weighted by Crippen LogP contribution is 2.23. The molecular weight excluding hydrogens is 206 g/mol. The molecule has 5 heteroatoms. The highest BCUT2D eigenvalue weighted by atomic mass is 32.1. The van der Waals surface area contributed by atoms with Crippen LogP contribution in [0.5, 0.6) is 0 Å². The van der Waals surface area contributed by atoms with Crippen molar-refractivity contribution in [3.63, 3.8) is 0 Å². The van der Waals surface area contributed by atoms with Gasteiger partial charge in [-0.25, -0.2) is 0 Å². The molecule has 1 atom stereocenters. The van der Waals surface area contributed by atoms with Gasteiger partial charge in [-0.05, 0) is 5.56 Å². The van der Waals surface area contributed by atoms with E-state index in [1.165, 1.54) is 12.1 Å². The molecular formula is C8H9NO2S2. The first-order valence-electron chi connectivity index (χ1n) is 3.68. The van der Waals surface area contributed by atoms with Crippen molar-refractivity contribution in [3.05, 3.63) is 39.9 Å². The standard InChI is InChI=1S/C8H9NO2S2/c10-9(11)7-3-1-6(2-4-7)8(13)5-12/h1-4,8,12-13H,5H2. The molecule has 0 amide bonds. The zero-order valence-corrected chi connectivity index (χ0v) is 8.54. The molecule has 0 fully saturated rings. The zero-order valence-electron chi connectivity index (χ0n) is 6.75. The number of hydrogen-bond donors (Lipinski definition) is 2. The van der Waals surface area contributed by atoms with Crippen LogP contribution in [0.3, 0.4) is 0 Å². The van der Waals surface area contributed by atoms with Crippen LogP contribution >= 0.6 is 25.3 Å². The van der Waals surface area contributed by atoms with Gasteiger partial charge in [-0.2, -0.15) is 25.3 Å². The maximum Gasteiger partial charge on any atom is 0.269 e. The summed E-state index contributed by atoms with van der Waals surface area (Å²) in [5.41, 5.74) is 1.05. The minimum Gasteiger partial charge on any atom is -0.258 e. The lowest BCUT2D eigenvalue weighted by Crippen LogP contribution is -1.93. The number of benzene rings is 1. The van der Waals surface area contributed by atoms with E-state index in [-0.39, 0.29) is 10.9 Å². The van der Waals surface area contributed by atoms with Crippen LogP contribution in [0.1, 0.15) is 10.8 Å². The van der Waals surface area contributed by atoms with E-state index in [0.717, 1.165) is 5.56 Å². The van der Waals surface area contributed by atoms with Gasteiger partial charge >= 0.3 is 0 Å². The van der Waals surface area contributed by atoms with Crippen LogP contribution in [-0.2, 0) is 0 Å². The van der Waals surface area contributed by atoms with Crippen molar-refractivity contribution in [2.75, 3.05) is 5.75 Å². The van der Waals surface area contributed by atoms with E-state index in [2.05, 4.69) is 25.3 Å². The van der Waals surface area contributed by atoms with E-state index < -0.39 is 4.92 Å². The normalized spacial score (nSPS) is 12.5. The van der Waals surface area contributed by atoms with Crippen LogP contribution < -0.4 is 0 Å². The molecule has 0 aliphatic carbocycles. The molecule has 0 bridgehead atoms. The first-order chi connectivity index (χ1) is 6.15. The second-order valence-electron chi connectivity index (χ2n) is 2.55. The zero-order chi connectivity index (χ0) is 9.84. The van der Waals surface area contributed by atoms with Crippen molar-refractivity contribution in [2.45, 2.75) is 5.25 Å². The minimum atomic E-state index is -0.419. The second-order valence-corrected chi connectivity index (χ2v) is 3.54. The first-order valence-corrected chi connectivity index (χ1v) is 4.83. The Morgan fingerprint density at radius 3 is 2.31 bits per heavy atom. The van der Waals surface area contributed by atoms with Crippen molar-refractivity contribution < 1.29 is 4.92 Å². The van der Waals surface area contributed by atoms with E-state index in [4.69, 9.17) is 0 Å². The fourth-order valence-electron chi connectivity index (χ4n) is 0.924. The third-order valence-corrected chi connectivity index (χ3v) is 2.80. The molecule has 3 nitrogen and oxygen atoms in total. The summed E-state index contributed by atoms with van der Waals surface area (Å²) in [6.07, 6.45) is 0. The van der Waals surface area contributed by atoms with Crippen LogP contribution in [0, 0.1) is 10.1 Å². The molecule has 0 aliphatic rings. The molecule has 0 radical (unpaired) electrons. The predicted molar refractivity (Wildman–Crippen MR) is 58.7 cm³/mol. The number of rotatable bonds is 3.